The molecule has 1 saturated heterocycles. The minimum absolute atomic E-state index is 0.0355. The molecule has 1 amide bonds. The first-order valence-corrected chi connectivity index (χ1v) is 9.45. The molecular formula is C21H21FN4O5. The molecule has 4 N–H and O–H groups in total. The van der Waals surface area contributed by atoms with Crippen molar-refractivity contribution in [2.24, 2.45) is 5.41 Å². The van der Waals surface area contributed by atoms with Gasteiger partial charge in [-0.15, -0.1) is 0 Å². The summed E-state index contributed by atoms with van der Waals surface area (Å²) < 4.78 is 19.4. The zero-order chi connectivity index (χ0) is 22.4. The molecule has 0 aliphatic carbocycles. The number of hydrogen-bond donors (Lipinski definition) is 4. The Bertz CT molecular complexity index is 1070. The van der Waals surface area contributed by atoms with Crippen LogP contribution in [0.25, 0.3) is 11.4 Å². The van der Waals surface area contributed by atoms with E-state index in [4.69, 9.17) is 4.74 Å². The first-order chi connectivity index (χ1) is 14.9. The van der Waals surface area contributed by atoms with E-state index in [2.05, 4.69) is 32.4 Å². The van der Waals surface area contributed by atoms with Crippen LogP contribution in [0, 0.1) is 23.1 Å². The molecule has 1 aliphatic rings. The van der Waals surface area contributed by atoms with Crippen LogP contribution in [-0.2, 0) is 9.53 Å². The Balaban J connectivity index is 1.95. The lowest BCUT2D eigenvalue weighted by molar-refractivity contribution is -0.126. The Kier molecular flexibility index (Phi) is 6.79. The van der Waals surface area contributed by atoms with Gasteiger partial charge < -0.3 is 25.6 Å². The lowest BCUT2D eigenvalue weighted by Gasteiger charge is -2.15. The summed E-state index contributed by atoms with van der Waals surface area (Å²) in [6.45, 7) is 0.685. The minimum atomic E-state index is -1.29. The van der Waals surface area contributed by atoms with Crippen LogP contribution in [0.3, 0.4) is 0 Å². The zero-order valence-electron chi connectivity index (χ0n) is 16.7. The van der Waals surface area contributed by atoms with Gasteiger partial charge in [-0.3, -0.25) is 4.79 Å². The summed E-state index contributed by atoms with van der Waals surface area (Å²) in [7, 11) is 1.51. The fourth-order valence-corrected chi connectivity index (χ4v) is 3.04. The van der Waals surface area contributed by atoms with Crippen LogP contribution < -0.4 is 10.6 Å². The number of aliphatic hydroxyl groups is 1. The molecule has 3 rings (SSSR count). The smallest absolute Gasteiger partial charge is 0.356 e. The van der Waals surface area contributed by atoms with Gasteiger partial charge >= 0.3 is 5.97 Å². The number of ether oxygens (including phenoxy) is 1. The number of hydrogen-bond acceptors (Lipinski definition) is 7. The number of carboxylic acid groups (broad SMARTS) is 1. The van der Waals surface area contributed by atoms with Crippen molar-refractivity contribution >= 4 is 17.6 Å². The quantitative estimate of drug-likeness (QED) is 0.377. The van der Waals surface area contributed by atoms with Crippen molar-refractivity contribution in [2.45, 2.75) is 6.42 Å². The van der Waals surface area contributed by atoms with Crippen LogP contribution in [-0.4, -0.2) is 65.5 Å². The number of aromatic nitrogens is 2. The maximum Gasteiger partial charge on any atom is 0.356 e. The molecule has 10 heteroatoms. The molecule has 2 heterocycles. The van der Waals surface area contributed by atoms with E-state index in [1.807, 2.05) is 0 Å². The number of methoxy groups -OCH3 is 1. The van der Waals surface area contributed by atoms with E-state index in [1.54, 1.807) is 0 Å². The summed E-state index contributed by atoms with van der Waals surface area (Å²) in [5, 5.41) is 24.6. The van der Waals surface area contributed by atoms with Crippen LogP contribution in [0.5, 0.6) is 0 Å². The molecule has 1 fully saturated rings. The van der Waals surface area contributed by atoms with Crippen LogP contribution in [0.2, 0.25) is 0 Å². The summed E-state index contributed by atoms with van der Waals surface area (Å²) in [4.78, 5) is 31.7. The zero-order valence-corrected chi connectivity index (χ0v) is 16.7. The van der Waals surface area contributed by atoms with Gasteiger partial charge in [0.05, 0.1) is 30.7 Å². The van der Waals surface area contributed by atoms with E-state index >= 15 is 0 Å². The van der Waals surface area contributed by atoms with Crippen molar-refractivity contribution in [3.8, 4) is 23.2 Å². The van der Waals surface area contributed by atoms with Gasteiger partial charge in [0.1, 0.15) is 11.2 Å². The largest absolute Gasteiger partial charge is 0.476 e. The molecule has 1 atom stereocenters. The molecule has 0 spiro atoms. The lowest BCUT2D eigenvalue weighted by Crippen LogP contribution is -2.33. The van der Waals surface area contributed by atoms with Crippen LogP contribution >= 0.6 is 0 Å². The summed E-state index contributed by atoms with van der Waals surface area (Å²) in [6.07, 6.45) is 1.63. The van der Waals surface area contributed by atoms with Crippen molar-refractivity contribution < 1.29 is 28.9 Å². The monoisotopic (exact) mass is 428 g/mol. The van der Waals surface area contributed by atoms with Gasteiger partial charge in [-0.25, -0.2) is 19.2 Å². The highest BCUT2D eigenvalue weighted by molar-refractivity contribution is 5.92. The van der Waals surface area contributed by atoms with Crippen molar-refractivity contribution in [2.75, 3.05) is 38.7 Å². The topological polar surface area (TPSA) is 134 Å². The van der Waals surface area contributed by atoms with Crippen molar-refractivity contribution in [1.82, 2.24) is 15.3 Å². The number of nitrogens with zero attached hydrogens (tertiary/aromatic N) is 2. The number of rotatable bonds is 7. The van der Waals surface area contributed by atoms with E-state index in [-0.39, 0.29) is 28.7 Å². The number of aromatic carboxylic acids is 1. The van der Waals surface area contributed by atoms with Gasteiger partial charge in [-0.05, 0) is 24.6 Å². The SMILES string of the molecule is COCCNc1cnc(-c2cc(C#C[C@@]3(CO)CCNC3=O)ccc2F)nc1C(=O)O. The molecule has 2 aromatic rings. The summed E-state index contributed by atoms with van der Waals surface area (Å²) >= 11 is 0. The second-order valence-corrected chi connectivity index (χ2v) is 6.87. The van der Waals surface area contributed by atoms with Gasteiger partial charge in [-0.2, -0.15) is 0 Å². The molecule has 0 bridgehead atoms. The highest BCUT2D eigenvalue weighted by Gasteiger charge is 2.40. The van der Waals surface area contributed by atoms with Gasteiger partial charge in [0.25, 0.3) is 0 Å². The fourth-order valence-electron chi connectivity index (χ4n) is 3.04. The Hall–Kier alpha value is -3.55. The number of carboxylic acids is 1. The normalized spacial score (nSPS) is 17.6. The third-order valence-electron chi connectivity index (χ3n) is 4.81. The number of nitrogens with one attached hydrogen (secondary N) is 2. The molecule has 0 radical (unpaired) electrons. The second-order valence-electron chi connectivity index (χ2n) is 6.87. The molecule has 31 heavy (non-hydrogen) atoms. The van der Waals surface area contributed by atoms with Gasteiger partial charge in [0.2, 0.25) is 5.91 Å². The van der Waals surface area contributed by atoms with Gasteiger partial charge in [0.15, 0.2) is 11.5 Å². The number of anilines is 1. The predicted octanol–water partition coefficient (Wildman–Crippen LogP) is 0.889. The van der Waals surface area contributed by atoms with Crippen LogP contribution in [0.1, 0.15) is 22.5 Å². The van der Waals surface area contributed by atoms with E-state index in [0.29, 0.717) is 31.7 Å². The third-order valence-corrected chi connectivity index (χ3v) is 4.81. The first kappa shape index (κ1) is 22.1. The number of carbonyl (C=O) groups is 2. The molecule has 1 aliphatic heterocycles. The predicted molar refractivity (Wildman–Crippen MR) is 109 cm³/mol. The van der Waals surface area contributed by atoms with Crippen molar-refractivity contribution in [1.29, 1.82) is 0 Å². The number of aliphatic hydroxyl groups excluding tert-OH is 1. The van der Waals surface area contributed by atoms with E-state index < -0.39 is 23.8 Å². The minimum Gasteiger partial charge on any atom is -0.476 e. The second kappa shape index (κ2) is 9.51. The average molecular weight is 428 g/mol. The maximum absolute atomic E-state index is 14.5. The van der Waals surface area contributed by atoms with Crippen LogP contribution in [0.15, 0.2) is 24.4 Å². The fraction of sp³-hybridized carbons (Fsp3) is 0.333. The number of amides is 1. The Morgan fingerprint density at radius 2 is 2.26 bits per heavy atom. The summed E-state index contributed by atoms with van der Waals surface area (Å²) in [6, 6.07) is 3.95. The van der Waals surface area contributed by atoms with Crippen molar-refractivity contribution in [3.63, 3.8) is 0 Å². The molecular weight excluding hydrogens is 407 g/mol. The molecule has 0 unspecified atom stereocenters. The van der Waals surface area contributed by atoms with Crippen molar-refractivity contribution in [3.05, 3.63) is 41.5 Å². The molecule has 1 aromatic carbocycles. The van der Waals surface area contributed by atoms with E-state index in [9.17, 15) is 24.2 Å². The molecule has 1 aromatic heterocycles. The van der Waals surface area contributed by atoms with E-state index in [0.717, 1.165) is 6.07 Å². The summed E-state index contributed by atoms with van der Waals surface area (Å²) in [5.41, 5.74) is -0.990. The van der Waals surface area contributed by atoms with Crippen LogP contribution in [0.4, 0.5) is 10.1 Å². The average Bonchev–Trinajstić information content (AvgIpc) is 3.14. The molecule has 162 valence electrons. The first-order valence-electron chi connectivity index (χ1n) is 9.45. The number of halogens is 1. The highest BCUT2D eigenvalue weighted by Crippen LogP contribution is 2.26. The number of benzene rings is 1. The molecule has 0 saturated carbocycles. The van der Waals surface area contributed by atoms with Gasteiger partial charge in [-0.1, -0.05) is 11.8 Å². The van der Waals surface area contributed by atoms with Gasteiger partial charge in [0, 0.05) is 25.8 Å². The third kappa shape index (κ3) is 4.79. The Morgan fingerprint density at radius 1 is 1.45 bits per heavy atom. The lowest BCUT2D eigenvalue weighted by atomic mass is 9.88. The van der Waals surface area contributed by atoms with E-state index in [1.165, 1.54) is 25.4 Å². The summed E-state index contributed by atoms with van der Waals surface area (Å²) in [5.74, 6) is 3.16. The molecule has 9 nitrogen and oxygen atoms in total. The Labute approximate surface area is 177 Å². The number of carbonyl (C=O) groups excluding carboxylic acids is 1. The highest BCUT2D eigenvalue weighted by atomic mass is 19.1. The Morgan fingerprint density at radius 3 is 2.90 bits per heavy atom. The standard InChI is InChI=1S/C21H21FN4O5/c1-31-9-8-23-16-11-25-18(26-17(16)19(28)29)14-10-13(2-3-15(14)22)4-5-21(12-27)6-7-24-20(21)30/h2-3,10-11,23,27H,6-9,12H2,1H3,(H,24,30)(H,28,29)/t21-/m0/s1. The maximum atomic E-state index is 14.5.